The Morgan fingerprint density at radius 2 is 2.04 bits per heavy atom. The van der Waals surface area contributed by atoms with Gasteiger partial charge in [0.1, 0.15) is 5.82 Å². The second-order valence-electron chi connectivity index (χ2n) is 5.19. The van der Waals surface area contributed by atoms with E-state index in [9.17, 15) is 9.18 Å². The van der Waals surface area contributed by atoms with Gasteiger partial charge in [-0.2, -0.15) is 0 Å². The predicted octanol–water partition coefficient (Wildman–Crippen LogP) is 2.95. The molecule has 1 heterocycles. The molecule has 0 atom stereocenters. The molecule has 2 N–H and O–H groups in total. The Hall–Kier alpha value is -1.67. The molecule has 5 nitrogen and oxygen atoms in total. The molecule has 1 aromatic heterocycles. The standard InChI is InChI=1S/C15H19FN4OS2/c1-10(2)18-14-19-20-15(23-14)22-9-13(21)17-8-7-11-3-5-12(16)6-4-11/h3-6,10H,7-9H2,1-2H3,(H,17,21)(H,18,19). The number of thioether (sulfide) groups is 1. The molecule has 0 bridgehead atoms. The fraction of sp³-hybridized carbons (Fsp3) is 0.400. The normalized spacial score (nSPS) is 10.8. The maximum Gasteiger partial charge on any atom is 0.230 e. The van der Waals surface area contributed by atoms with E-state index in [0.29, 0.717) is 24.8 Å². The first kappa shape index (κ1) is 17.7. The molecule has 0 saturated carbocycles. The summed E-state index contributed by atoms with van der Waals surface area (Å²) in [5.74, 6) is 0.00274. The van der Waals surface area contributed by atoms with Crippen LogP contribution in [-0.2, 0) is 11.2 Å². The van der Waals surface area contributed by atoms with Crippen molar-refractivity contribution in [3.8, 4) is 0 Å². The number of aromatic nitrogens is 2. The zero-order valence-electron chi connectivity index (χ0n) is 13.0. The van der Waals surface area contributed by atoms with Crippen LogP contribution in [-0.4, -0.2) is 34.4 Å². The molecule has 1 amide bonds. The van der Waals surface area contributed by atoms with Gasteiger partial charge in [-0.1, -0.05) is 35.2 Å². The van der Waals surface area contributed by atoms with Gasteiger partial charge < -0.3 is 10.6 Å². The summed E-state index contributed by atoms with van der Waals surface area (Å²) < 4.78 is 13.5. The Morgan fingerprint density at radius 1 is 1.30 bits per heavy atom. The van der Waals surface area contributed by atoms with Crippen molar-refractivity contribution in [1.29, 1.82) is 0 Å². The van der Waals surface area contributed by atoms with Gasteiger partial charge in [0.15, 0.2) is 4.34 Å². The van der Waals surface area contributed by atoms with Gasteiger partial charge in [0, 0.05) is 12.6 Å². The van der Waals surface area contributed by atoms with Crippen molar-refractivity contribution < 1.29 is 9.18 Å². The van der Waals surface area contributed by atoms with Gasteiger partial charge in [-0.15, -0.1) is 10.2 Å². The Labute approximate surface area is 143 Å². The lowest BCUT2D eigenvalue weighted by Crippen LogP contribution is -2.27. The van der Waals surface area contributed by atoms with Gasteiger partial charge in [-0.3, -0.25) is 4.79 Å². The Morgan fingerprint density at radius 3 is 2.74 bits per heavy atom. The molecule has 0 unspecified atom stereocenters. The lowest BCUT2D eigenvalue weighted by molar-refractivity contribution is -0.118. The molecule has 0 radical (unpaired) electrons. The minimum Gasteiger partial charge on any atom is -0.358 e. The maximum absolute atomic E-state index is 12.8. The van der Waals surface area contributed by atoms with Crippen molar-refractivity contribution in [3.63, 3.8) is 0 Å². The summed E-state index contributed by atoms with van der Waals surface area (Å²) >= 11 is 2.81. The fourth-order valence-electron chi connectivity index (χ4n) is 1.75. The van der Waals surface area contributed by atoms with Crippen molar-refractivity contribution >= 4 is 34.1 Å². The van der Waals surface area contributed by atoms with Crippen LogP contribution >= 0.6 is 23.1 Å². The highest BCUT2D eigenvalue weighted by Crippen LogP contribution is 2.25. The summed E-state index contributed by atoms with van der Waals surface area (Å²) in [5.41, 5.74) is 0.993. The molecule has 0 spiro atoms. The summed E-state index contributed by atoms with van der Waals surface area (Å²) in [4.78, 5) is 11.8. The van der Waals surface area contributed by atoms with E-state index in [2.05, 4.69) is 20.8 Å². The number of hydrogen-bond donors (Lipinski definition) is 2. The van der Waals surface area contributed by atoms with Crippen molar-refractivity contribution in [2.75, 3.05) is 17.6 Å². The lowest BCUT2D eigenvalue weighted by atomic mass is 10.1. The van der Waals surface area contributed by atoms with Gasteiger partial charge >= 0.3 is 0 Å². The molecule has 0 fully saturated rings. The van der Waals surface area contributed by atoms with Crippen molar-refractivity contribution in [1.82, 2.24) is 15.5 Å². The molecule has 8 heteroatoms. The van der Waals surface area contributed by atoms with Crippen LogP contribution in [0.3, 0.4) is 0 Å². The first-order valence-corrected chi connectivity index (χ1v) is 9.07. The van der Waals surface area contributed by atoms with Crippen LogP contribution in [0.1, 0.15) is 19.4 Å². The molecular formula is C15H19FN4OS2. The number of rotatable bonds is 8. The van der Waals surface area contributed by atoms with E-state index in [1.165, 1.54) is 35.2 Å². The van der Waals surface area contributed by atoms with E-state index in [0.717, 1.165) is 15.0 Å². The second kappa shape index (κ2) is 8.83. The van der Waals surface area contributed by atoms with E-state index < -0.39 is 0 Å². The largest absolute Gasteiger partial charge is 0.358 e. The summed E-state index contributed by atoms with van der Waals surface area (Å²) in [6.45, 7) is 4.59. The van der Waals surface area contributed by atoms with Crippen LogP contribution < -0.4 is 10.6 Å². The number of nitrogens with zero attached hydrogens (tertiary/aromatic N) is 2. The molecule has 0 aliphatic heterocycles. The number of nitrogens with one attached hydrogen (secondary N) is 2. The molecule has 124 valence electrons. The predicted molar refractivity (Wildman–Crippen MR) is 92.5 cm³/mol. The van der Waals surface area contributed by atoms with E-state index in [4.69, 9.17) is 0 Å². The minimum atomic E-state index is -0.252. The summed E-state index contributed by atoms with van der Waals surface area (Å²) in [6, 6.07) is 6.59. The SMILES string of the molecule is CC(C)Nc1nnc(SCC(=O)NCCc2ccc(F)cc2)s1. The average molecular weight is 354 g/mol. The molecule has 2 aromatic rings. The number of benzene rings is 1. The molecule has 1 aromatic carbocycles. The molecule has 0 aliphatic rings. The summed E-state index contributed by atoms with van der Waals surface area (Å²) in [6.07, 6.45) is 0.679. The molecule has 0 aliphatic carbocycles. The van der Waals surface area contributed by atoms with Crippen molar-refractivity contribution in [2.24, 2.45) is 0 Å². The summed E-state index contributed by atoms with van der Waals surface area (Å²) in [5, 5.41) is 14.8. The van der Waals surface area contributed by atoms with E-state index >= 15 is 0 Å². The van der Waals surface area contributed by atoms with E-state index in [-0.39, 0.29) is 11.7 Å². The Kier molecular flexibility index (Phi) is 6.79. The molecular weight excluding hydrogens is 335 g/mol. The number of amides is 1. The minimum absolute atomic E-state index is 0.0503. The van der Waals surface area contributed by atoms with Crippen molar-refractivity contribution in [3.05, 3.63) is 35.6 Å². The summed E-state index contributed by atoms with van der Waals surface area (Å²) in [7, 11) is 0. The van der Waals surface area contributed by atoms with Crippen LogP contribution in [0.15, 0.2) is 28.6 Å². The number of halogens is 1. The van der Waals surface area contributed by atoms with Gasteiger partial charge in [-0.05, 0) is 38.0 Å². The monoisotopic (exact) mass is 354 g/mol. The fourth-order valence-corrected chi connectivity index (χ4v) is 3.48. The smallest absolute Gasteiger partial charge is 0.230 e. The van der Waals surface area contributed by atoms with E-state index in [1.54, 1.807) is 12.1 Å². The first-order chi connectivity index (χ1) is 11.0. The Bertz CT molecular complexity index is 631. The third-order valence-corrected chi connectivity index (χ3v) is 4.78. The van der Waals surface area contributed by atoms with Crippen LogP contribution in [0.5, 0.6) is 0 Å². The third-order valence-electron chi connectivity index (χ3n) is 2.79. The number of hydrogen-bond acceptors (Lipinski definition) is 6. The van der Waals surface area contributed by atoms with Gasteiger partial charge in [0.25, 0.3) is 0 Å². The van der Waals surface area contributed by atoms with Crippen LogP contribution in [0.4, 0.5) is 9.52 Å². The highest BCUT2D eigenvalue weighted by Gasteiger charge is 2.08. The van der Waals surface area contributed by atoms with E-state index in [1.807, 2.05) is 13.8 Å². The zero-order valence-corrected chi connectivity index (χ0v) is 14.6. The molecule has 2 rings (SSSR count). The first-order valence-electron chi connectivity index (χ1n) is 7.27. The van der Waals surface area contributed by atoms with Crippen LogP contribution in [0.25, 0.3) is 0 Å². The van der Waals surface area contributed by atoms with Crippen molar-refractivity contribution in [2.45, 2.75) is 30.6 Å². The number of carbonyl (C=O) groups is 1. The number of anilines is 1. The third kappa shape index (κ3) is 6.54. The lowest BCUT2D eigenvalue weighted by Gasteiger charge is -2.04. The molecule has 0 saturated heterocycles. The van der Waals surface area contributed by atoms with Gasteiger partial charge in [0.05, 0.1) is 5.75 Å². The van der Waals surface area contributed by atoms with Gasteiger partial charge in [-0.25, -0.2) is 4.39 Å². The average Bonchev–Trinajstić information content (AvgIpc) is 2.94. The topological polar surface area (TPSA) is 66.9 Å². The maximum atomic E-state index is 12.8. The molecule has 23 heavy (non-hydrogen) atoms. The Balaban J connectivity index is 1.66. The number of carbonyl (C=O) groups excluding carboxylic acids is 1. The van der Waals surface area contributed by atoms with Gasteiger partial charge in [0.2, 0.25) is 11.0 Å². The quantitative estimate of drug-likeness (QED) is 0.714. The van der Waals surface area contributed by atoms with Crippen LogP contribution in [0, 0.1) is 5.82 Å². The zero-order chi connectivity index (χ0) is 16.7. The highest BCUT2D eigenvalue weighted by molar-refractivity contribution is 8.01. The highest BCUT2D eigenvalue weighted by atomic mass is 32.2. The van der Waals surface area contributed by atoms with Crippen LogP contribution in [0.2, 0.25) is 0 Å². The second-order valence-corrected chi connectivity index (χ2v) is 7.39.